The van der Waals surface area contributed by atoms with E-state index in [-0.39, 0.29) is 17.2 Å². The van der Waals surface area contributed by atoms with Gasteiger partial charge >= 0.3 is 5.97 Å². The Hall–Kier alpha value is -3.65. The number of ether oxygens (including phenoxy) is 1. The number of sulfone groups is 1. The van der Waals surface area contributed by atoms with Crippen molar-refractivity contribution in [2.45, 2.75) is 30.2 Å². The molecule has 0 aromatic heterocycles. The first-order chi connectivity index (χ1) is 16.7. The van der Waals surface area contributed by atoms with Crippen LogP contribution in [0.3, 0.4) is 0 Å². The van der Waals surface area contributed by atoms with E-state index in [0.29, 0.717) is 30.8 Å². The number of fused-ring (bicyclic) bond motifs is 1. The third-order valence-electron chi connectivity index (χ3n) is 6.39. The molecule has 0 saturated carbocycles. The molecule has 35 heavy (non-hydrogen) atoms. The lowest BCUT2D eigenvalue weighted by Gasteiger charge is -2.32. The fourth-order valence-electron chi connectivity index (χ4n) is 4.58. The van der Waals surface area contributed by atoms with Gasteiger partial charge in [0.1, 0.15) is 5.75 Å². The van der Waals surface area contributed by atoms with Crippen molar-refractivity contribution in [2.24, 2.45) is 0 Å². The molecule has 1 unspecified atom stereocenters. The number of benzene rings is 3. The highest BCUT2D eigenvalue weighted by Crippen LogP contribution is 2.35. The van der Waals surface area contributed by atoms with E-state index in [0.717, 1.165) is 28.5 Å². The first-order valence-corrected chi connectivity index (χ1v) is 13.1. The van der Waals surface area contributed by atoms with Gasteiger partial charge in [-0.25, -0.2) is 8.42 Å². The monoisotopic (exact) mass is 493 g/mol. The lowest BCUT2D eigenvalue weighted by atomic mass is 9.82. The van der Waals surface area contributed by atoms with Gasteiger partial charge in [0.2, 0.25) is 0 Å². The Balaban J connectivity index is 1.64. The number of rotatable bonds is 7. The van der Waals surface area contributed by atoms with Crippen molar-refractivity contribution in [1.82, 2.24) is 4.90 Å². The molecule has 0 spiro atoms. The second kappa shape index (κ2) is 9.92. The van der Waals surface area contributed by atoms with Crippen LogP contribution in [-0.4, -0.2) is 50.2 Å². The Bertz CT molecular complexity index is 1350. The predicted molar refractivity (Wildman–Crippen MR) is 132 cm³/mol. The van der Waals surface area contributed by atoms with Gasteiger partial charge in [-0.15, -0.1) is 0 Å². The molecule has 1 aliphatic heterocycles. The van der Waals surface area contributed by atoms with E-state index in [1.165, 1.54) is 12.1 Å². The Morgan fingerprint density at radius 3 is 2.31 bits per heavy atom. The van der Waals surface area contributed by atoms with Crippen LogP contribution in [0.4, 0.5) is 0 Å². The molecule has 0 bridgehead atoms. The number of carbonyl (C=O) groups is 2. The maximum atomic E-state index is 13.1. The molecule has 0 aliphatic carbocycles. The summed E-state index contributed by atoms with van der Waals surface area (Å²) in [5.41, 5.74) is 4.25. The van der Waals surface area contributed by atoms with Crippen LogP contribution in [0.1, 0.15) is 45.0 Å². The van der Waals surface area contributed by atoms with Gasteiger partial charge in [0.05, 0.1) is 18.4 Å². The molecule has 3 aromatic carbocycles. The number of methoxy groups -OCH3 is 1. The number of hydrogen-bond acceptors (Lipinski definition) is 5. The Morgan fingerprint density at radius 1 is 1.03 bits per heavy atom. The quantitative estimate of drug-likeness (QED) is 0.536. The number of carboxylic acid groups (broad SMARTS) is 1. The molecular weight excluding hydrogens is 466 g/mol. The maximum Gasteiger partial charge on any atom is 0.304 e. The normalized spacial score (nSPS) is 14.2. The molecule has 1 N–H and O–H groups in total. The van der Waals surface area contributed by atoms with E-state index >= 15 is 0 Å². The van der Waals surface area contributed by atoms with Gasteiger partial charge in [-0.2, -0.15) is 0 Å². The standard InChI is InChI=1S/C27H27NO6S/c1-34-21-10-6-19(7-11-21)27(31)28-15-14-23-20(17-28)4-3-5-24(23)25(16-26(29)30)18-8-12-22(13-9-18)35(2,32)33/h3-13,25H,14-17H2,1-2H3,(H,29,30). The minimum absolute atomic E-state index is 0.0674. The van der Waals surface area contributed by atoms with Gasteiger partial charge in [0.25, 0.3) is 5.91 Å². The number of carbonyl (C=O) groups excluding carboxylic acids is 1. The number of nitrogens with zero attached hydrogens (tertiary/aromatic N) is 1. The molecular formula is C27H27NO6S. The summed E-state index contributed by atoms with van der Waals surface area (Å²) in [6.07, 6.45) is 1.62. The van der Waals surface area contributed by atoms with E-state index in [1.54, 1.807) is 48.4 Å². The zero-order valence-corrected chi connectivity index (χ0v) is 20.4. The van der Waals surface area contributed by atoms with Gasteiger partial charge in [0.15, 0.2) is 9.84 Å². The van der Waals surface area contributed by atoms with Crippen LogP contribution in [0, 0.1) is 0 Å². The minimum Gasteiger partial charge on any atom is -0.497 e. The molecule has 1 aliphatic rings. The van der Waals surface area contributed by atoms with Crippen LogP contribution in [-0.2, 0) is 27.6 Å². The van der Waals surface area contributed by atoms with Crippen LogP contribution in [0.15, 0.2) is 71.6 Å². The maximum absolute atomic E-state index is 13.1. The minimum atomic E-state index is -3.35. The molecule has 0 radical (unpaired) electrons. The fraction of sp³-hybridized carbons (Fsp3) is 0.259. The average molecular weight is 494 g/mol. The highest BCUT2D eigenvalue weighted by molar-refractivity contribution is 7.90. The summed E-state index contributed by atoms with van der Waals surface area (Å²) < 4.78 is 28.8. The largest absolute Gasteiger partial charge is 0.497 e. The predicted octanol–water partition coefficient (Wildman–Crippen LogP) is 3.90. The smallest absolute Gasteiger partial charge is 0.304 e. The summed E-state index contributed by atoms with van der Waals surface area (Å²) in [4.78, 5) is 26.8. The Morgan fingerprint density at radius 2 is 1.71 bits per heavy atom. The number of carboxylic acids is 1. The molecule has 0 saturated heterocycles. The van der Waals surface area contributed by atoms with Gasteiger partial charge in [0, 0.05) is 30.8 Å². The summed E-state index contributed by atoms with van der Waals surface area (Å²) in [5.74, 6) is -0.752. The molecule has 0 fully saturated rings. The fourth-order valence-corrected chi connectivity index (χ4v) is 5.21. The van der Waals surface area contributed by atoms with E-state index in [9.17, 15) is 23.1 Å². The molecule has 8 heteroatoms. The zero-order chi connectivity index (χ0) is 25.2. The second-order valence-corrected chi connectivity index (χ2v) is 10.7. The molecule has 3 aromatic rings. The van der Waals surface area contributed by atoms with E-state index < -0.39 is 21.7 Å². The van der Waals surface area contributed by atoms with Crippen molar-refractivity contribution in [3.63, 3.8) is 0 Å². The Labute approximate surface area is 204 Å². The first kappa shape index (κ1) is 24.5. The SMILES string of the molecule is COc1ccc(C(=O)N2CCc3c(cccc3C(CC(=O)O)c3ccc(S(C)(=O)=O)cc3)C2)cc1. The van der Waals surface area contributed by atoms with Crippen molar-refractivity contribution in [2.75, 3.05) is 19.9 Å². The summed E-state index contributed by atoms with van der Waals surface area (Å²) in [6.45, 7) is 0.947. The zero-order valence-electron chi connectivity index (χ0n) is 19.6. The van der Waals surface area contributed by atoms with Crippen molar-refractivity contribution in [3.05, 3.63) is 94.5 Å². The third-order valence-corrected chi connectivity index (χ3v) is 7.52. The molecule has 182 valence electrons. The number of aliphatic carboxylic acids is 1. The van der Waals surface area contributed by atoms with Crippen molar-refractivity contribution in [1.29, 1.82) is 0 Å². The highest BCUT2D eigenvalue weighted by atomic mass is 32.2. The molecule has 1 heterocycles. The third kappa shape index (κ3) is 5.38. The summed E-state index contributed by atoms with van der Waals surface area (Å²) in [7, 11) is -1.77. The highest BCUT2D eigenvalue weighted by Gasteiger charge is 2.27. The molecule has 1 amide bonds. The summed E-state index contributed by atoms with van der Waals surface area (Å²) in [6, 6.07) is 19.2. The van der Waals surface area contributed by atoms with Crippen molar-refractivity contribution >= 4 is 21.7 Å². The van der Waals surface area contributed by atoms with Gasteiger partial charge < -0.3 is 14.7 Å². The van der Waals surface area contributed by atoms with Crippen LogP contribution in [0.5, 0.6) is 5.75 Å². The van der Waals surface area contributed by atoms with E-state index in [2.05, 4.69) is 0 Å². The van der Waals surface area contributed by atoms with Gasteiger partial charge in [-0.1, -0.05) is 30.3 Å². The average Bonchev–Trinajstić information content (AvgIpc) is 2.85. The van der Waals surface area contributed by atoms with Crippen LogP contribution in [0.25, 0.3) is 0 Å². The van der Waals surface area contributed by atoms with Crippen LogP contribution >= 0.6 is 0 Å². The second-order valence-electron chi connectivity index (χ2n) is 8.68. The van der Waals surface area contributed by atoms with Crippen molar-refractivity contribution in [3.8, 4) is 5.75 Å². The first-order valence-electron chi connectivity index (χ1n) is 11.2. The number of hydrogen-bond donors (Lipinski definition) is 1. The van der Waals surface area contributed by atoms with E-state index in [4.69, 9.17) is 4.74 Å². The Kier molecular flexibility index (Phi) is 6.93. The van der Waals surface area contributed by atoms with Gasteiger partial charge in [-0.3, -0.25) is 9.59 Å². The molecule has 7 nitrogen and oxygen atoms in total. The van der Waals surface area contributed by atoms with Gasteiger partial charge in [-0.05, 0) is 65.1 Å². The summed E-state index contributed by atoms with van der Waals surface area (Å²) >= 11 is 0. The molecule has 1 atom stereocenters. The number of amides is 1. The van der Waals surface area contributed by atoms with Crippen LogP contribution in [0.2, 0.25) is 0 Å². The van der Waals surface area contributed by atoms with Crippen molar-refractivity contribution < 1.29 is 27.9 Å². The summed E-state index contributed by atoms with van der Waals surface area (Å²) in [5, 5.41) is 9.62. The van der Waals surface area contributed by atoms with Crippen LogP contribution < -0.4 is 4.74 Å². The lowest BCUT2D eigenvalue weighted by Crippen LogP contribution is -2.36. The molecule has 4 rings (SSSR count). The topological polar surface area (TPSA) is 101 Å². The van der Waals surface area contributed by atoms with E-state index in [1.807, 2.05) is 18.2 Å². The lowest BCUT2D eigenvalue weighted by molar-refractivity contribution is -0.137.